The van der Waals surface area contributed by atoms with Gasteiger partial charge in [0.15, 0.2) is 0 Å². The second-order valence-electron chi connectivity index (χ2n) is 8.18. The van der Waals surface area contributed by atoms with Crippen LogP contribution in [-0.4, -0.2) is 23.7 Å². The van der Waals surface area contributed by atoms with Gasteiger partial charge in [0.2, 0.25) is 5.56 Å². The summed E-state index contributed by atoms with van der Waals surface area (Å²) in [6.07, 6.45) is 2.55. The lowest BCUT2D eigenvalue weighted by atomic mass is 9.88. The van der Waals surface area contributed by atoms with Crippen molar-refractivity contribution >= 4 is 22.5 Å². The number of carbonyl (C=O) groups is 1. The number of rotatable bonds is 8. The van der Waals surface area contributed by atoms with Gasteiger partial charge in [0.1, 0.15) is 5.82 Å². The van der Waals surface area contributed by atoms with Crippen LogP contribution < -0.4 is 10.9 Å². The quantitative estimate of drug-likeness (QED) is 0.453. The van der Waals surface area contributed by atoms with Gasteiger partial charge in [0, 0.05) is 24.0 Å². The molecule has 1 aromatic heterocycles. The third kappa shape index (κ3) is 5.83. The maximum absolute atomic E-state index is 13.3. The molecule has 1 unspecified atom stereocenters. The number of H-pyrrole nitrogens is 1. The zero-order valence-corrected chi connectivity index (χ0v) is 19.5. The monoisotopic (exact) mass is 447 g/mol. The van der Waals surface area contributed by atoms with Crippen molar-refractivity contribution in [3.63, 3.8) is 0 Å². The van der Waals surface area contributed by atoms with Crippen molar-refractivity contribution in [1.82, 2.24) is 10.3 Å². The third-order valence-corrected chi connectivity index (χ3v) is 6.13. The van der Waals surface area contributed by atoms with Crippen LogP contribution in [0, 0.1) is 11.7 Å². The second-order valence-corrected chi connectivity index (χ2v) is 8.18. The number of hydrogen-bond acceptors (Lipinski definition) is 3. The number of hydrogen-bond donors (Lipinski definition) is 2. The highest BCUT2D eigenvalue weighted by Gasteiger charge is 2.19. The summed E-state index contributed by atoms with van der Waals surface area (Å²) in [6.45, 7) is 5.99. The molecule has 1 atom stereocenters. The highest BCUT2D eigenvalue weighted by atomic mass is 19.1. The van der Waals surface area contributed by atoms with Gasteiger partial charge in [-0.15, -0.1) is 0 Å². The van der Waals surface area contributed by atoms with E-state index in [4.69, 9.17) is 0 Å². The van der Waals surface area contributed by atoms with Gasteiger partial charge in [-0.25, -0.2) is 4.39 Å². The Hall–Kier alpha value is -3.54. The van der Waals surface area contributed by atoms with Gasteiger partial charge in [-0.3, -0.25) is 14.6 Å². The molecule has 1 heterocycles. The van der Waals surface area contributed by atoms with E-state index in [9.17, 15) is 14.0 Å². The summed E-state index contributed by atoms with van der Waals surface area (Å²) in [5, 5.41) is 3.71. The topological polar surface area (TPSA) is 74.3 Å². The van der Waals surface area contributed by atoms with Crippen LogP contribution in [0.3, 0.4) is 0 Å². The molecular formula is C27H30FN3O2. The van der Waals surface area contributed by atoms with Crippen molar-refractivity contribution in [2.24, 2.45) is 10.9 Å². The minimum absolute atomic E-state index is 0.206. The molecule has 3 aromatic rings. The predicted octanol–water partition coefficient (Wildman–Crippen LogP) is 5.42. The standard InChI is InChI=1S/C27H30FN3O2/c1-5-20(13-10-19-11-14-21(28)15-12-19)17(2)26(18(3)29-4)31-27(33)23-16-25(32)30-24-9-7-6-8-22(23)24/h6-9,11-12,14-16,20H,5,10,13H2,1-4H3,(H,30,32)(H,31,33)/b26-17+,29-18?. The highest BCUT2D eigenvalue weighted by Crippen LogP contribution is 2.25. The molecule has 0 aliphatic carbocycles. The lowest BCUT2D eigenvalue weighted by Crippen LogP contribution is -2.30. The molecule has 0 spiro atoms. The number of para-hydroxylation sites is 1. The summed E-state index contributed by atoms with van der Waals surface area (Å²) in [5.41, 5.74) is 4.11. The Balaban J connectivity index is 1.91. The zero-order chi connectivity index (χ0) is 24.0. The summed E-state index contributed by atoms with van der Waals surface area (Å²) in [4.78, 5) is 32.5. The Kier molecular flexibility index (Phi) is 7.93. The molecule has 0 saturated heterocycles. The number of aliphatic imine (C=N–C) groups is 1. The van der Waals surface area contributed by atoms with Crippen LogP contribution >= 0.6 is 0 Å². The first-order valence-electron chi connectivity index (χ1n) is 11.2. The molecule has 0 bridgehead atoms. The van der Waals surface area contributed by atoms with Gasteiger partial charge in [-0.2, -0.15) is 0 Å². The number of nitrogens with one attached hydrogen (secondary N) is 2. The fourth-order valence-corrected chi connectivity index (χ4v) is 4.08. The summed E-state index contributed by atoms with van der Waals surface area (Å²) in [7, 11) is 1.69. The van der Waals surface area contributed by atoms with Gasteiger partial charge in [0.25, 0.3) is 5.91 Å². The SMILES string of the molecule is CCC(CCc1ccc(F)cc1)/C(C)=C(/NC(=O)c1cc(=O)[nH]c2ccccc12)C(C)=NC. The van der Waals surface area contributed by atoms with Gasteiger partial charge in [-0.05, 0) is 68.4 Å². The number of aryl methyl sites for hydroxylation is 1. The van der Waals surface area contributed by atoms with E-state index in [2.05, 4.69) is 22.2 Å². The number of amides is 1. The Morgan fingerprint density at radius 2 is 1.82 bits per heavy atom. The van der Waals surface area contributed by atoms with Crippen molar-refractivity contribution in [2.45, 2.75) is 40.0 Å². The van der Waals surface area contributed by atoms with E-state index in [1.165, 1.54) is 18.2 Å². The molecule has 0 saturated carbocycles. The molecule has 1 amide bonds. The average Bonchev–Trinajstić information content (AvgIpc) is 2.82. The lowest BCUT2D eigenvalue weighted by Gasteiger charge is -2.21. The number of pyridine rings is 1. The van der Waals surface area contributed by atoms with Gasteiger partial charge >= 0.3 is 0 Å². The van der Waals surface area contributed by atoms with Gasteiger partial charge in [-0.1, -0.05) is 37.3 Å². The summed E-state index contributed by atoms with van der Waals surface area (Å²) >= 11 is 0. The Morgan fingerprint density at radius 1 is 1.12 bits per heavy atom. The normalized spacial score (nSPS) is 13.5. The van der Waals surface area contributed by atoms with E-state index >= 15 is 0 Å². The number of aromatic amines is 1. The average molecular weight is 448 g/mol. The Bertz CT molecular complexity index is 1260. The molecule has 3 rings (SSSR count). The fraction of sp³-hybridized carbons (Fsp3) is 0.296. The molecule has 0 radical (unpaired) electrons. The third-order valence-electron chi connectivity index (χ3n) is 6.13. The fourth-order valence-electron chi connectivity index (χ4n) is 4.08. The van der Waals surface area contributed by atoms with Crippen molar-refractivity contribution in [3.05, 3.63) is 93.2 Å². The molecule has 5 nitrogen and oxygen atoms in total. The Morgan fingerprint density at radius 3 is 2.48 bits per heavy atom. The van der Waals surface area contributed by atoms with E-state index in [1.54, 1.807) is 25.2 Å². The number of carbonyl (C=O) groups excluding carboxylic acids is 1. The number of fused-ring (bicyclic) bond motifs is 1. The van der Waals surface area contributed by atoms with E-state index in [-0.39, 0.29) is 23.2 Å². The summed E-state index contributed by atoms with van der Waals surface area (Å²) < 4.78 is 13.2. The molecule has 2 N–H and O–H groups in total. The van der Waals surface area contributed by atoms with Gasteiger partial charge < -0.3 is 10.3 Å². The molecule has 0 aliphatic heterocycles. The van der Waals surface area contributed by atoms with Crippen LogP contribution in [-0.2, 0) is 6.42 Å². The van der Waals surface area contributed by atoms with Crippen molar-refractivity contribution in [2.75, 3.05) is 7.05 Å². The Labute approximate surface area is 193 Å². The number of halogens is 1. The first-order chi connectivity index (χ1) is 15.8. The number of aromatic nitrogens is 1. The molecule has 33 heavy (non-hydrogen) atoms. The van der Waals surface area contributed by atoms with E-state index in [0.29, 0.717) is 22.2 Å². The lowest BCUT2D eigenvalue weighted by molar-refractivity contribution is 0.0968. The minimum atomic E-state index is -0.344. The van der Waals surface area contributed by atoms with Crippen LogP contribution in [0.2, 0.25) is 0 Å². The van der Waals surface area contributed by atoms with E-state index in [1.807, 2.05) is 32.0 Å². The first kappa shape index (κ1) is 24.1. The van der Waals surface area contributed by atoms with Gasteiger partial charge in [0.05, 0.1) is 17.0 Å². The summed E-state index contributed by atoms with van der Waals surface area (Å²) in [6, 6.07) is 15.1. The smallest absolute Gasteiger partial charge is 0.256 e. The van der Waals surface area contributed by atoms with Crippen molar-refractivity contribution < 1.29 is 9.18 Å². The van der Waals surface area contributed by atoms with Crippen LogP contribution in [0.25, 0.3) is 10.9 Å². The number of allylic oxidation sites excluding steroid dienone is 2. The number of benzene rings is 2. The van der Waals surface area contributed by atoms with Crippen molar-refractivity contribution in [1.29, 1.82) is 0 Å². The molecule has 0 fully saturated rings. The largest absolute Gasteiger partial charge is 0.322 e. The minimum Gasteiger partial charge on any atom is -0.322 e. The van der Waals surface area contributed by atoms with Crippen LogP contribution in [0.4, 0.5) is 4.39 Å². The van der Waals surface area contributed by atoms with E-state index < -0.39 is 0 Å². The predicted molar refractivity (Wildman–Crippen MR) is 132 cm³/mol. The number of nitrogens with zero attached hydrogens (tertiary/aromatic N) is 1. The summed E-state index contributed by atoms with van der Waals surface area (Å²) in [5.74, 6) is -0.380. The van der Waals surface area contributed by atoms with Crippen LogP contribution in [0.5, 0.6) is 0 Å². The van der Waals surface area contributed by atoms with Crippen molar-refractivity contribution in [3.8, 4) is 0 Å². The molecule has 2 aromatic carbocycles. The molecule has 172 valence electrons. The van der Waals surface area contributed by atoms with Crippen LogP contribution in [0.1, 0.15) is 49.5 Å². The molecule has 0 aliphatic rings. The second kappa shape index (κ2) is 10.9. The highest BCUT2D eigenvalue weighted by molar-refractivity contribution is 6.10. The zero-order valence-electron chi connectivity index (χ0n) is 19.5. The molecule has 6 heteroatoms. The van der Waals surface area contributed by atoms with Crippen LogP contribution in [0.15, 0.2) is 75.7 Å². The van der Waals surface area contributed by atoms with E-state index in [0.717, 1.165) is 36.1 Å². The first-order valence-corrected chi connectivity index (χ1v) is 11.2. The maximum Gasteiger partial charge on any atom is 0.256 e. The molecular weight excluding hydrogens is 417 g/mol. The maximum atomic E-state index is 13.3.